The highest BCUT2D eigenvalue weighted by Crippen LogP contribution is 2.26. The van der Waals surface area contributed by atoms with Crippen molar-refractivity contribution in [2.75, 3.05) is 11.9 Å². The van der Waals surface area contributed by atoms with Gasteiger partial charge in [0.2, 0.25) is 0 Å². The molecule has 1 N–H and O–H groups in total. The molecule has 0 aliphatic heterocycles. The average Bonchev–Trinajstić information content (AvgIpc) is 2.67. The van der Waals surface area contributed by atoms with Crippen molar-refractivity contribution < 1.29 is 27.8 Å². The second-order valence-electron chi connectivity index (χ2n) is 5.56. The lowest BCUT2D eigenvalue weighted by Gasteiger charge is -2.11. The van der Waals surface area contributed by atoms with Crippen LogP contribution in [0.1, 0.15) is 10.4 Å². The summed E-state index contributed by atoms with van der Waals surface area (Å²) in [6.45, 7) is -3.22. The molecule has 0 aliphatic rings. The van der Waals surface area contributed by atoms with Crippen LogP contribution in [-0.2, 0) is 4.79 Å². The highest BCUT2D eigenvalue weighted by molar-refractivity contribution is 6.01. The fraction of sp³-hybridized carbons (Fsp3) is 0.100. The Morgan fingerprint density at radius 1 is 1.04 bits per heavy atom. The van der Waals surface area contributed by atoms with Gasteiger partial charge < -0.3 is 14.8 Å². The second kappa shape index (κ2) is 8.27. The third-order valence-corrected chi connectivity index (χ3v) is 3.77. The lowest BCUT2D eigenvalue weighted by atomic mass is 10.0. The van der Waals surface area contributed by atoms with Crippen molar-refractivity contribution in [1.82, 2.24) is 0 Å². The predicted molar refractivity (Wildman–Crippen MR) is 96.5 cm³/mol. The molecule has 5 nitrogen and oxygen atoms in total. The highest BCUT2D eigenvalue weighted by Gasteiger charge is 2.11. The monoisotopic (exact) mass is 371 g/mol. The number of halogens is 2. The highest BCUT2D eigenvalue weighted by atomic mass is 19.3. The molecule has 0 radical (unpaired) electrons. The van der Waals surface area contributed by atoms with E-state index in [4.69, 9.17) is 4.74 Å². The molecule has 0 saturated heterocycles. The van der Waals surface area contributed by atoms with E-state index in [0.29, 0.717) is 23.3 Å². The lowest BCUT2D eigenvalue weighted by Crippen LogP contribution is -2.20. The normalized spacial score (nSPS) is 10.6. The zero-order valence-corrected chi connectivity index (χ0v) is 14.0. The van der Waals surface area contributed by atoms with Gasteiger partial charge >= 0.3 is 6.61 Å². The van der Waals surface area contributed by atoms with Crippen molar-refractivity contribution in [3.63, 3.8) is 0 Å². The molecule has 0 aromatic heterocycles. The second-order valence-corrected chi connectivity index (χ2v) is 5.56. The molecule has 0 bridgehead atoms. The molecule has 0 saturated carbocycles. The van der Waals surface area contributed by atoms with Gasteiger partial charge in [-0.1, -0.05) is 30.3 Å². The standard InChI is InChI=1S/C20H15F2NO4/c21-20(22)27-15-8-6-14(7-9-15)23-19(25)12-26-18-10-5-13-3-1-2-4-16(13)17(18)11-24/h1-11,20H,12H2,(H,23,25). The molecule has 0 atom stereocenters. The molecule has 3 aromatic carbocycles. The zero-order chi connectivity index (χ0) is 19.2. The number of fused-ring (bicyclic) bond motifs is 1. The van der Waals surface area contributed by atoms with Gasteiger partial charge in [0.05, 0.1) is 5.56 Å². The summed E-state index contributed by atoms with van der Waals surface area (Å²) >= 11 is 0. The maximum Gasteiger partial charge on any atom is 0.387 e. The fourth-order valence-electron chi connectivity index (χ4n) is 2.58. The minimum Gasteiger partial charge on any atom is -0.483 e. The predicted octanol–water partition coefficient (Wildman–Crippen LogP) is 4.27. The SMILES string of the molecule is O=Cc1c(OCC(=O)Nc2ccc(OC(F)F)cc2)ccc2ccccc12. The number of ether oxygens (including phenoxy) is 2. The Balaban J connectivity index is 1.64. The number of aldehydes is 1. The molecule has 3 aromatic rings. The average molecular weight is 371 g/mol. The van der Waals surface area contributed by atoms with Crippen LogP contribution < -0.4 is 14.8 Å². The third-order valence-electron chi connectivity index (χ3n) is 3.77. The van der Waals surface area contributed by atoms with Gasteiger partial charge in [-0.2, -0.15) is 8.78 Å². The van der Waals surface area contributed by atoms with Gasteiger partial charge in [0.25, 0.3) is 5.91 Å². The molecule has 0 unspecified atom stereocenters. The Morgan fingerprint density at radius 3 is 2.48 bits per heavy atom. The summed E-state index contributed by atoms with van der Waals surface area (Å²) in [4.78, 5) is 23.5. The number of anilines is 1. The quantitative estimate of drug-likeness (QED) is 0.630. The van der Waals surface area contributed by atoms with Crippen molar-refractivity contribution in [2.24, 2.45) is 0 Å². The number of hydrogen-bond acceptors (Lipinski definition) is 4. The molecule has 0 spiro atoms. The Labute approximate surface area is 153 Å². The van der Waals surface area contributed by atoms with Crippen LogP contribution >= 0.6 is 0 Å². The molecule has 138 valence electrons. The maximum atomic E-state index is 12.1. The van der Waals surface area contributed by atoms with Gasteiger partial charge in [0.15, 0.2) is 12.9 Å². The fourth-order valence-corrected chi connectivity index (χ4v) is 2.58. The number of alkyl halides is 2. The van der Waals surface area contributed by atoms with Gasteiger partial charge in [0.1, 0.15) is 11.5 Å². The van der Waals surface area contributed by atoms with E-state index in [9.17, 15) is 18.4 Å². The van der Waals surface area contributed by atoms with Crippen LogP contribution in [0.4, 0.5) is 14.5 Å². The van der Waals surface area contributed by atoms with Gasteiger partial charge in [-0.05, 0) is 41.1 Å². The van der Waals surface area contributed by atoms with E-state index in [0.717, 1.165) is 10.8 Å². The van der Waals surface area contributed by atoms with Gasteiger partial charge in [-0.15, -0.1) is 0 Å². The smallest absolute Gasteiger partial charge is 0.387 e. The number of nitrogens with one attached hydrogen (secondary N) is 1. The van der Waals surface area contributed by atoms with E-state index in [2.05, 4.69) is 10.1 Å². The number of benzene rings is 3. The number of hydrogen-bond donors (Lipinski definition) is 1. The Bertz CT molecular complexity index is 958. The van der Waals surface area contributed by atoms with Crippen molar-refractivity contribution in [2.45, 2.75) is 6.61 Å². The Kier molecular flexibility index (Phi) is 5.61. The minimum atomic E-state index is -2.91. The first-order chi connectivity index (χ1) is 13.1. The maximum absolute atomic E-state index is 12.1. The Morgan fingerprint density at radius 2 is 1.78 bits per heavy atom. The summed E-state index contributed by atoms with van der Waals surface area (Å²) in [5.41, 5.74) is 0.772. The van der Waals surface area contributed by atoms with Crippen LogP contribution in [0.2, 0.25) is 0 Å². The molecule has 1 amide bonds. The first-order valence-corrected chi connectivity index (χ1v) is 8.01. The molecule has 0 heterocycles. The summed E-state index contributed by atoms with van der Waals surface area (Å²) in [7, 11) is 0. The van der Waals surface area contributed by atoms with E-state index in [1.165, 1.54) is 24.3 Å². The minimum absolute atomic E-state index is 0.00830. The topological polar surface area (TPSA) is 64.6 Å². The van der Waals surface area contributed by atoms with Crippen LogP contribution in [0.3, 0.4) is 0 Å². The summed E-state index contributed by atoms with van der Waals surface area (Å²) in [5, 5.41) is 4.20. The van der Waals surface area contributed by atoms with Gasteiger partial charge in [-0.3, -0.25) is 9.59 Å². The molecule has 7 heteroatoms. The van der Waals surface area contributed by atoms with E-state index < -0.39 is 12.5 Å². The van der Waals surface area contributed by atoms with Gasteiger partial charge in [-0.25, -0.2) is 0 Å². The molecular formula is C20H15F2NO4. The van der Waals surface area contributed by atoms with Crippen molar-refractivity contribution in [1.29, 1.82) is 0 Å². The largest absolute Gasteiger partial charge is 0.483 e. The molecule has 3 rings (SSSR count). The summed E-state index contributed by atoms with van der Waals surface area (Å²) < 4.78 is 34.0. The molecule has 0 fully saturated rings. The molecular weight excluding hydrogens is 356 g/mol. The van der Waals surface area contributed by atoms with Crippen LogP contribution in [0.15, 0.2) is 60.7 Å². The number of carbonyl (C=O) groups excluding carboxylic acids is 2. The summed E-state index contributed by atoms with van der Waals surface area (Å²) in [5.74, 6) is -0.159. The van der Waals surface area contributed by atoms with E-state index in [1.807, 2.05) is 18.2 Å². The number of amides is 1. The van der Waals surface area contributed by atoms with Crippen molar-refractivity contribution in [3.05, 3.63) is 66.2 Å². The first kappa shape index (κ1) is 18.3. The van der Waals surface area contributed by atoms with Crippen LogP contribution in [0.25, 0.3) is 10.8 Å². The zero-order valence-electron chi connectivity index (χ0n) is 14.0. The Hall–Kier alpha value is -3.48. The van der Waals surface area contributed by atoms with E-state index in [-0.39, 0.29) is 12.4 Å². The van der Waals surface area contributed by atoms with Gasteiger partial charge in [0, 0.05) is 5.69 Å². The van der Waals surface area contributed by atoms with Crippen LogP contribution in [-0.4, -0.2) is 25.4 Å². The van der Waals surface area contributed by atoms with E-state index in [1.54, 1.807) is 18.2 Å². The summed E-state index contributed by atoms with van der Waals surface area (Å²) in [6, 6.07) is 16.3. The number of carbonyl (C=O) groups is 2. The van der Waals surface area contributed by atoms with Crippen molar-refractivity contribution in [3.8, 4) is 11.5 Å². The van der Waals surface area contributed by atoms with Crippen LogP contribution in [0, 0.1) is 0 Å². The summed E-state index contributed by atoms with van der Waals surface area (Å²) in [6.07, 6.45) is 0.692. The third kappa shape index (κ3) is 4.58. The van der Waals surface area contributed by atoms with Crippen LogP contribution in [0.5, 0.6) is 11.5 Å². The molecule has 0 aliphatic carbocycles. The number of rotatable bonds is 7. The van der Waals surface area contributed by atoms with Crippen molar-refractivity contribution >= 4 is 28.7 Å². The molecule has 27 heavy (non-hydrogen) atoms. The lowest BCUT2D eigenvalue weighted by molar-refractivity contribution is -0.118. The first-order valence-electron chi connectivity index (χ1n) is 8.01. The van der Waals surface area contributed by atoms with E-state index >= 15 is 0 Å².